The predicted molar refractivity (Wildman–Crippen MR) is 63.8 cm³/mol. The van der Waals surface area contributed by atoms with E-state index in [0.29, 0.717) is 5.02 Å². The number of nitrogens with one attached hydrogen (secondary N) is 1. The largest absolute Gasteiger partial charge is 0.506 e. The van der Waals surface area contributed by atoms with Crippen LogP contribution in [0.15, 0.2) is 18.2 Å². The van der Waals surface area contributed by atoms with Crippen molar-refractivity contribution in [3.8, 4) is 5.75 Å². The molecule has 1 aromatic carbocycles. The molecule has 1 saturated heterocycles. The third kappa shape index (κ3) is 2.67. The summed E-state index contributed by atoms with van der Waals surface area (Å²) in [5.41, 5.74) is 1.13. The number of benzene rings is 1. The Morgan fingerprint density at radius 1 is 1.56 bits per heavy atom. The van der Waals surface area contributed by atoms with Gasteiger partial charge < -0.3 is 15.2 Å². The Hall–Kier alpha value is -0.770. The Morgan fingerprint density at radius 2 is 2.38 bits per heavy atom. The fourth-order valence-corrected chi connectivity index (χ4v) is 1.99. The molecule has 1 unspecified atom stereocenters. The molecule has 0 radical (unpaired) electrons. The summed E-state index contributed by atoms with van der Waals surface area (Å²) in [5.74, 6) is 0.126. The molecule has 3 nitrogen and oxygen atoms in total. The molecule has 1 aliphatic heterocycles. The third-order valence-corrected chi connectivity index (χ3v) is 3.25. The Kier molecular flexibility index (Phi) is 3.38. The zero-order valence-corrected chi connectivity index (χ0v) is 10.0. The van der Waals surface area contributed by atoms with Crippen molar-refractivity contribution in [2.24, 2.45) is 0 Å². The molecule has 1 fully saturated rings. The first-order chi connectivity index (χ1) is 7.59. The van der Waals surface area contributed by atoms with Crippen LogP contribution in [0, 0.1) is 0 Å². The Labute approximate surface area is 100 Å². The molecule has 0 aliphatic carbocycles. The maximum atomic E-state index is 9.30. The van der Waals surface area contributed by atoms with E-state index in [2.05, 4.69) is 12.2 Å². The smallest absolute Gasteiger partial charge is 0.134 e. The lowest BCUT2D eigenvalue weighted by Gasteiger charge is -2.23. The molecule has 16 heavy (non-hydrogen) atoms. The zero-order chi connectivity index (χ0) is 11.6. The number of halogens is 1. The highest BCUT2D eigenvalue weighted by molar-refractivity contribution is 6.32. The van der Waals surface area contributed by atoms with E-state index in [4.69, 9.17) is 16.3 Å². The Balaban J connectivity index is 1.96. The number of ether oxygens (including phenoxy) is 1. The van der Waals surface area contributed by atoms with Crippen LogP contribution in [-0.4, -0.2) is 23.9 Å². The highest BCUT2D eigenvalue weighted by atomic mass is 35.5. The van der Waals surface area contributed by atoms with E-state index in [9.17, 15) is 5.11 Å². The lowest BCUT2D eigenvalue weighted by Crippen LogP contribution is -2.42. The van der Waals surface area contributed by atoms with Gasteiger partial charge in [-0.1, -0.05) is 17.7 Å². The second-order valence-electron chi connectivity index (χ2n) is 4.50. The van der Waals surface area contributed by atoms with Crippen molar-refractivity contribution in [3.05, 3.63) is 28.8 Å². The van der Waals surface area contributed by atoms with Gasteiger partial charge in [0.2, 0.25) is 0 Å². The molecule has 2 N–H and O–H groups in total. The Morgan fingerprint density at radius 3 is 3.00 bits per heavy atom. The fourth-order valence-electron chi connectivity index (χ4n) is 1.78. The van der Waals surface area contributed by atoms with E-state index in [1.165, 1.54) is 0 Å². The van der Waals surface area contributed by atoms with E-state index in [1.54, 1.807) is 12.1 Å². The first-order valence-electron chi connectivity index (χ1n) is 5.39. The van der Waals surface area contributed by atoms with Gasteiger partial charge in [0, 0.05) is 18.7 Å². The number of phenolic OH excluding ortho intramolecular Hbond substituents is 1. The van der Waals surface area contributed by atoms with E-state index >= 15 is 0 Å². The molecule has 1 atom stereocenters. The molecule has 0 amide bonds. The maximum Gasteiger partial charge on any atom is 0.134 e. The lowest BCUT2D eigenvalue weighted by atomic mass is 10.0. The first kappa shape index (κ1) is 11.7. The molecule has 0 saturated carbocycles. The van der Waals surface area contributed by atoms with Crippen LogP contribution in [0.25, 0.3) is 0 Å². The van der Waals surface area contributed by atoms with Crippen LogP contribution in [-0.2, 0) is 11.3 Å². The molecule has 1 aromatic rings. The van der Waals surface area contributed by atoms with Crippen LogP contribution in [0.5, 0.6) is 5.75 Å². The summed E-state index contributed by atoms with van der Waals surface area (Å²) in [6, 6.07) is 5.27. The third-order valence-electron chi connectivity index (χ3n) is 2.95. The summed E-state index contributed by atoms with van der Waals surface area (Å²) in [6.45, 7) is 4.46. The normalized spacial score (nSPS) is 24.9. The van der Waals surface area contributed by atoms with E-state index in [-0.39, 0.29) is 11.3 Å². The van der Waals surface area contributed by atoms with Gasteiger partial charge >= 0.3 is 0 Å². The molecule has 1 heterocycles. The lowest BCUT2D eigenvalue weighted by molar-refractivity contribution is 0.171. The minimum atomic E-state index is 0.0599. The van der Waals surface area contributed by atoms with Crippen LogP contribution < -0.4 is 5.32 Å². The summed E-state index contributed by atoms with van der Waals surface area (Å²) in [7, 11) is 0. The van der Waals surface area contributed by atoms with Crippen LogP contribution >= 0.6 is 11.6 Å². The van der Waals surface area contributed by atoms with Crippen molar-refractivity contribution in [2.45, 2.75) is 25.4 Å². The molecular formula is C12H16ClNO2. The maximum absolute atomic E-state index is 9.30. The SMILES string of the molecule is CC1(NCc2ccc(O)c(Cl)c2)CCOC1. The van der Waals surface area contributed by atoms with Crippen LogP contribution in [0.2, 0.25) is 5.02 Å². The number of aromatic hydroxyl groups is 1. The zero-order valence-electron chi connectivity index (χ0n) is 9.29. The van der Waals surface area contributed by atoms with Crippen molar-refractivity contribution < 1.29 is 9.84 Å². The van der Waals surface area contributed by atoms with Crippen molar-refractivity contribution >= 4 is 11.6 Å². The quantitative estimate of drug-likeness (QED) is 0.854. The molecule has 0 bridgehead atoms. The van der Waals surface area contributed by atoms with Crippen LogP contribution in [0.4, 0.5) is 0 Å². The van der Waals surface area contributed by atoms with Gasteiger partial charge in [-0.2, -0.15) is 0 Å². The summed E-state index contributed by atoms with van der Waals surface area (Å²) < 4.78 is 5.36. The van der Waals surface area contributed by atoms with Crippen molar-refractivity contribution in [1.82, 2.24) is 5.32 Å². The molecule has 88 valence electrons. The van der Waals surface area contributed by atoms with Crippen molar-refractivity contribution in [1.29, 1.82) is 0 Å². The standard InChI is InChI=1S/C12H16ClNO2/c1-12(4-5-16-8-12)14-7-9-2-3-11(15)10(13)6-9/h2-3,6,14-15H,4-5,7-8H2,1H3. The molecule has 0 aromatic heterocycles. The summed E-state index contributed by atoms with van der Waals surface area (Å²) >= 11 is 5.84. The second kappa shape index (κ2) is 4.62. The number of phenols is 1. The highest BCUT2D eigenvalue weighted by Gasteiger charge is 2.28. The van der Waals surface area contributed by atoms with Crippen molar-refractivity contribution in [2.75, 3.05) is 13.2 Å². The summed E-state index contributed by atoms with van der Waals surface area (Å²) in [5, 5.41) is 13.2. The second-order valence-corrected chi connectivity index (χ2v) is 4.91. The molecule has 2 rings (SSSR count). The van der Waals surface area contributed by atoms with E-state index in [1.807, 2.05) is 6.07 Å². The topological polar surface area (TPSA) is 41.5 Å². The number of hydrogen-bond donors (Lipinski definition) is 2. The van der Waals surface area contributed by atoms with E-state index < -0.39 is 0 Å². The number of hydrogen-bond acceptors (Lipinski definition) is 3. The molecule has 1 aliphatic rings. The van der Waals surface area contributed by atoms with Gasteiger partial charge in [0.1, 0.15) is 5.75 Å². The fraction of sp³-hybridized carbons (Fsp3) is 0.500. The van der Waals surface area contributed by atoms with Crippen molar-refractivity contribution in [3.63, 3.8) is 0 Å². The van der Waals surface area contributed by atoms with Gasteiger partial charge in [-0.15, -0.1) is 0 Å². The average Bonchev–Trinajstić information content (AvgIpc) is 2.68. The monoisotopic (exact) mass is 241 g/mol. The van der Waals surface area contributed by atoms with Gasteiger partial charge in [0.15, 0.2) is 0 Å². The van der Waals surface area contributed by atoms with Gasteiger partial charge in [-0.05, 0) is 31.0 Å². The first-order valence-corrected chi connectivity index (χ1v) is 5.77. The predicted octanol–water partition coefficient (Wildman–Crippen LogP) is 2.31. The van der Waals surface area contributed by atoms with Gasteiger partial charge in [-0.25, -0.2) is 0 Å². The minimum Gasteiger partial charge on any atom is -0.506 e. The molecular weight excluding hydrogens is 226 g/mol. The van der Waals surface area contributed by atoms with Gasteiger partial charge in [-0.3, -0.25) is 0 Å². The van der Waals surface area contributed by atoms with Crippen LogP contribution in [0.1, 0.15) is 18.9 Å². The van der Waals surface area contributed by atoms with Crippen LogP contribution in [0.3, 0.4) is 0 Å². The highest BCUT2D eigenvalue weighted by Crippen LogP contribution is 2.24. The number of rotatable bonds is 3. The Bertz CT molecular complexity index is 375. The van der Waals surface area contributed by atoms with E-state index in [0.717, 1.165) is 31.7 Å². The molecule has 0 spiro atoms. The van der Waals surface area contributed by atoms with Gasteiger partial charge in [0.25, 0.3) is 0 Å². The average molecular weight is 242 g/mol. The minimum absolute atomic E-state index is 0.0599. The van der Waals surface area contributed by atoms with Gasteiger partial charge in [0.05, 0.1) is 11.6 Å². The summed E-state index contributed by atoms with van der Waals surface area (Å²) in [6.07, 6.45) is 1.03. The molecule has 4 heteroatoms. The summed E-state index contributed by atoms with van der Waals surface area (Å²) in [4.78, 5) is 0.